The van der Waals surface area contributed by atoms with E-state index in [2.05, 4.69) is 198 Å². The van der Waals surface area contributed by atoms with E-state index in [0.717, 1.165) is 37.1 Å². The molecule has 7 rings (SSSR count). The topological polar surface area (TPSA) is 24.1 Å². The number of para-hydroxylation sites is 2. The van der Waals surface area contributed by atoms with E-state index in [1.54, 1.807) is 0 Å². The largest absolute Gasteiger partial charge is 0.355 e. The Hall–Kier alpha value is -5.86. The molecular formula is C56H60N2. The lowest BCUT2D eigenvalue weighted by molar-refractivity contribution is 0.795. The lowest BCUT2D eigenvalue weighted by Crippen LogP contribution is -1.99. The molecule has 0 aromatic heterocycles. The molecular weight excluding hydrogens is 701 g/mol. The molecule has 0 bridgehead atoms. The maximum atomic E-state index is 3.84. The zero-order valence-corrected chi connectivity index (χ0v) is 35.5. The minimum Gasteiger partial charge on any atom is -0.355 e. The SMILES string of the molecule is CCCCc1ccc(-c2cc(Nc3c(C)cccc3CC)ccc2-c2ccc(-c3ccc(Nc4c(C)cccc4CC)cc3)cc2-c2ccc(CCCC)cc2)cc1. The van der Waals surface area contributed by atoms with E-state index in [0.29, 0.717) is 0 Å². The van der Waals surface area contributed by atoms with Crippen molar-refractivity contribution >= 4 is 22.7 Å². The van der Waals surface area contributed by atoms with Gasteiger partial charge in [-0.2, -0.15) is 0 Å². The molecule has 0 radical (unpaired) electrons. The number of rotatable bonds is 16. The van der Waals surface area contributed by atoms with Gasteiger partial charge in [-0.1, -0.05) is 156 Å². The van der Waals surface area contributed by atoms with Crippen LogP contribution in [0.5, 0.6) is 0 Å². The van der Waals surface area contributed by atoms with Gasteiger partial charge >= 0.3 is 0 Å². The zero-order valence-electron chi connectivity index (χ0n) is 35.5. The quantitative estimate of drug-likeness (QED) is 0.102. The first kappa shape index (κ1) is 40.3. The average molecular weight is 761 g/mol. The first-order valence-corrected chi connectivity index (χ1v) is 21.7. The van der Waals surface area contributed by atoms with Crippen LogP contribution < -0.4 is 10.6 Å². The number of benzene rings is 7. The maximum absolute atomic E-state index is 3.84. The number of hydrogen-bond donors (Lipinski definition) is 2. The standard InChI is InChI=1S/C56H60N2/c1-7-11-17-41-21-25-46(26-22-41)53-37-48(45-29-32-49(33-30-45)57-55-39(5)15-13-19-43(55)9-3)31-35-51(53)52-36-34-50(58-56-40(6)16-14-20-44(56)10-4)38-54(52)47-27-23-42(24-28-47)18-12-8-2/h13-16,19-38,57-58H,7-12,17-18H2,1-6H3. The van der Waals surface area contributed by atoms with E-state index in [1.165, 1.54) is 115 Å². The van der Waals surface area contributed by atoms with Crippen molar-refractivity contribution in [3.05, 3.63) is 179 Å². The van der Waals surface area contributed by atoms with Crippen LogP contribution in [0.25, 0.3) is 44.5 Å². The predicted octanol–water partition coefficient (Wildman–Crippen LogP) is 16.3. The molecule has 58 heavy (non-hydrogen) atoms. The van der Waals surface area contributed by atoms with Crippen molar-refractivity contribution in [1.29, 1.82) is 0 Å². The fourth-order valence-electron chi connectivity index (χ4n) is 8.20. The van der Waals surface area contributed by atoms with Gasteiger partial charge in [-0.3, -0.25) is 0 Å². The highest BCUT2D eigenvalue weighted by molar-refractivity contribution is 5.95. The van der Waals surface area contributed by atoms with Gasteiger partial charge in [-0.15, -0.1) is 0 Å². The third-order valence-corrected chi connectivity index (χ3v) is 11.7. The van der Waals surface area contributed by atoms with Gasteiger partial charge in [0.15, 0.2) is 0 Å². The summed E-state index contributed by atoms with van der Waals surface area (Å²) in [5.41, 5.74) is 22.4. The molecule has 0 atom stereocenters. The Bertz CT molecular complexity index is 2440. The van der Waals surface area contributed by atoms with Crippen molar-refractivity contribution in [2.75, 3.05) is 10.6 Å². The number of hydrogen-bond acceptors (Lipinski definition) is 2. The third kappa shape index (κ3) is 9.29. The molecule has 0 heterocycles. The summed E-state index contributed by atoms with van der Waals surface area (Å²) in [7, 11) is 0. The number of unbranched alkanes of at least 4 members (excludes halogenated alkanes) is 2. The van der Waals surface area contributed by atoms with Crippen LogP contribution in [-0.4, -0.2) is 0 Å². The maximum Gasteiger partial charge on any atom is 0.0446 e. The highest BCUT2D eigenvalue weighted by Crippen LogP contribution is 2.42. The minimum atomic E-state index is 0.979. The summed E-state index contributed by atoms with van der Waals surface area (Å²) < 4.78 is 0. The molecule has 0 unspecified atom stereocenters. The van der Waals surface area contributed by atoms with Gasteiger partial charge in [0.25, 0.3) is 0 Å². The lowest BCUT2D eigenvalue weighted by atomic mass is 9.86. The molecule has 2 N–H and O–H groups in total. The Balaban J connectivity index is 1.33. The number of anilines is 4. The van der Waals surface area contributed by atoms with Crippen LogP contribution in [0.15, 0.2) is 146 Å². The first-order valence-electron chi connectivity index (χ1n) is 21.7. The molecule has 2 heteroatoms. The Morgan fingerprint density at radius 2 is 0.810 bits per heavy atom. The molecule has 0 spiro atoms. The summed E-state index contributed by atoms with van der Waals surface area (Å²) in [6.45, 7) is 13.4. The third-order valence-electron chi connectivity index (χ3n) is 11.7. The number of nitrogens with one attached hydrogen (secondary N) is 2. The molecule has 0 aliphatic heterocycles. The van der Waals surface area contributed by atoms with Gasteiger partial charge in [-0.25, -0.2) is 0 Å². The van der Waals surface area contributed by atoms with Gasteiger partial charge in [0.1, 0.15) is 0 Å². The Morgan fingerprint density at radius 3 is 1.31 bits per heavy atom. The van der Waals surface area contributed by atoms with E-state index in [9.17, 15) is 0 Å². The summed E-state index contributed by atoms with van der Waals surface area (Å²) in [5, 5.41) is 7.56. The van der Waals surface area contributed by atoms with Crippen LogP contribution >= 0.6 is 0 Å². The second kappa shape index (κ2) is 19.1. The molecule has 0 amide bonds. The molecule has 0 fully saturated rings. The molecule has 0 saturated heterocycles. The molecule has 7 aromatic carbocycles. The minimum absolute atomic E-state index is 0.979. The average Bonchev–Trinajstić information content (AvgIpc) is 3.26. The van der Waals surface area contributed by atoms with Crippen molar-refractivity contribution in [3.63, 3.8) is 0 Å². The molecule has 0 saturated carbocycles. The van der Waals surface area contributed by atoms with Crippen molar-refractivity contribution < 1.29 is 0 Å². The summed E-state index contributed by atoms with van der Waals surface area (Å²) >= 11 is 0. The van der Waals surface area contributed by atoms with Gasteiger partial charge < -0.3 is 10.6 Å². The summed E-state index contributed by atoms with van der Waals surface area (Å²) in [4.78, 5) is 0. The molecule has 7 aromatic rings. The highest BCUT2D eigenvalue weighted by atomic mass is 14.9. The Labute approximate surface area is 348 Å². The van der Waals surface area contributed by atoms with Crippen molar-refractivity contribution in [2.24, 2.45) is 0 Å². The smallest absolute Gasteiger partial charge is 0.0446 e. The van der Waals surface area contributed by atoms with Gasteiger partial charge in [0, 0.05) is 22.7 Å². The van der Waals surface area contributed by atoms with Gasteiger partial charge in [0.05, 0.1) is 0 Å². The van der Waals surface area contributed by atoms with Gasteiger partial charge in [0.2, 0.25) is 0 Å². The fourth-order valence-corrected chi connectivity index (χ4v) is 8.20. The molecule has 0 aliphatic rings. The van der Waals surface area contributed by atoms with Crippen LogP contribution in [0.2, 0.25) is 0 Å². The number of aryl methyl sites for hydroxylation is 6. The van der Waals surface area contributed by atoms with E-state index in [1.807, 2.05) is 0 Å². The van der Waals surface area contributed by atoms with Crippen LogP contribution in [0.1, 0.15) is 86.8 Å². The second-order valence-corrected chi connectivity index (χ2v) is 15.9. The van der Waals surface area contributed by atoms with Crippen LogP contribution in [-0.2, 0) is 25.7 Å². The summed E-state index contributed by atoms with van der Waals surface area (Å²) in [6, 6.07) is 54.7. The summed E-state index contributed by atoms with van der Waals surface area (Å²) in [5.74, 6) is 0. The monoisotopic (exact) mass is 760 g/mol. The fraction of sp³-hybridized carbons (Fsp3) is 0.250. The normalized spacial score (nSPS) is 11.1. The van der Waals surface area contributed by atoms with Gasteiger partial charge in [-0.05, 0) is 161 Å². The highest BCUT2D eigenvalue weighted by Gasteiger charge is 2.17. The summed E-state index contributed by atoms with van der Waals surface area (Å²) in [6.07, 6.45) is 9.01. The lowest BCUT2D eigenvalue weighted by Gasteiger charge is -2.20. The second-order valence-electron chi connectivity index (χ2n) is 15.9. The predicted molar refractivity (Wildman–Crippen MR) is 253 cm³/mol. The van der Waals surface area contributed by atoms with Crippen molar-refractivity contribution in [3.8, 4) is 44.5 Å². The van der Waals surface area contributed by atoms with Crippen molar-refractivity contribution in [1.82, 2.24) is 0 Å². The molecule has 2 nitrogen and oxygen atoms in total. The van der Waals surface area contributed by atoms with E-state index >= 15 is 0 Å². The van der Waals surface area contributed by atoms with Crippen LogP contribution in [0.4, 0.5) is 22.7 Å². The van der Waals surface area contributed by atoms with Crippen LogP contribution in [0.3, 0.4) is 0 Å². The van der Waals surface area contributed by atoms with E-state index in [-0.39, 0.29) is 0 Å². The van der Waals surface area contributed by atoms with E-state index in [4.69, 9.17) is 0 Å². The van der Waals surface area contributed by atoms with Crippen molar-refractivity contribution in [2.45, 2.75) is 92.9 Å². The van der Waals surface area contributed by atoms with Crippen LogP contribution in [0, 0.1) is 13.8 Å². The Kier molecular flexibility index (Phi) is 13.3. The molecule has 294 valence electrons. The Morgan fingerprint density at radius 1 is 0.379 bits per heavy atom. The first-order chi connectivity index (χ1) is 28.4. The zero-order chi connectivity index (χ0) is 40.4. The van der Waals surface area contributed by atoms with E-state index < -0.39 is 0 Å². The molecule has 0 aliphatic carbocycles.